The minimum absolute atomic E-state index is 0.184. The van der Waals surface area contributed by atoms with Gasteiger partial charge in [0.15, 0.2) is 5.82 Å². The summed E-state index contributed by atoms with van der Waals surface area (Å²) in [7, 11) is 0. The van der Waals surface area contributed by atoms with Gasteiger partial charge in [-0.05, 0) is 88.5 Å². The summed E-state index contributed by atoms with van der Waals surface area (Å²) in [5.41, 5.74) is 15.8. The first-order valence-corrected chi connectivity index (χ1v) is 22.0. The Morgan fingerprint density at radius 2 is 1.06 bits per heavy atom. The number of nitrogens with zero attached hydrogens (tertiary/aromatic N) is 5. The number of para-hydroxylation sites is 4. The van der Waals surface area contributed by atoms with E-state index in [0.717, 1.165) is 72.2 Å². The van der Waals surface area contributed by atoms with Crippen LogP contribution in [-0.2, 0) is 5.41 Å². The second-order valence-electron chi connectivity index (χ2n) is 17.4. The first-order valence-electron chi connectivity index (χ1n) is 22.0. The smallest absolute Gasteiger partial charge is 0.237 e. The molecule has 0 bridgehead atoms. The van der Waals surface area contributed by atoms with Crippen LogP contribution in [0.25, 0.3) is 88.4 Å². The summed E-state index contributed by atoms with van der Waals surface area (Å²) in [4.78, 5) is 13.7. The fraction of sp³-hybridized carbons (Fsp3) is 0.0508. The van der Waals surface area contributed by atoms with Gasteiger partial charge in [0, 0.05) is 49.3 Å². The van der Waals surface area contributed by atoms with Gasteiger partial charge >= 0.3 is 0 Å². The van der Waals surface area contributed by atoms with Crippen molar-refractivity contribution < 1.29 is 0 Å². The van der Waals surface area contributed by atoms with Gasteiger partial charge in [0.1, 0.15) is 0 Å². The van der Waals surface area contributed by atoms with Crippen LogP contribution in [0.2, 0.25) is 0 Å². The van der Waals surface area contributed by atoms with Crippen molar-refractivity contribution in [2.75, 3.05) is 4.90 Å². The number of hydrogen-bond donors (Lipinski definition) is 0. The topological polar surface area (TPSA) is 38.9 Å². The Morgan fingerprint density at radius 3 is 1.86 bits per heavy atom. The largest absolute Gasteiger partial charge is 0.309 e. The Morgan fingerprint density at radius 1 is 0.438 bits per heavy atom. The van der Waals surface area contributed by atoms with Gasteiger partial charge in [-0.25, -0.2) is 4.98 Å². The number of fused-ring (bicyclic) bond motifs is 11. The minimum atomic E-state index is -0.184. The van der Waals surface area contributed by atoms with Crippen LogP contribution >= 0.6 is 0 Å². The van der Waals surface area contributed by atoms with Gasteiger partial charge in [-0.15, -0.1) is 0 Å². The van der Waals surface area contributed by atoms with Crippen LogP contribution in [0.15, 0.2) is 212 Å². The van der Waals surface area contributed by atoms with E-state index in [0.29, 0.717) is 5.95 Å². The van der Waals surface area contributed by atoms with Crippen LogP contribution in [0.3, 0.4) is 0 Å². The summed E-state index contributed by atoms with van der Waals surface area (Å²) in [6.45, 7) is 4.69. The zero-order chi connectivity index (χ0) is 42.5. The molecule has 5 heteroatoms. The average molecular weight is 820 g/mol. The lowest BCUT2D eigenvalue weighted by molar-refractivity contribution is 0.660. The molecule has 0 unspecified atom stereocenters. The highest BCUT2D eigenvalue weighted by Crippen LogP contribution is 2.54. The molecule has 1 aliphatic carbocycles. The van der Waals surface area contributed by atoms with Crippen molar-refractivity contribution in [2.45, 2.75) is 19.3 Å². The van der Waals surface area contributed by atoms with E-state index in [1.807, 2.05) is 0 Å². The van der Waals surface area contributed by atoms with Crippen molar-refractivity contribution in [1.82, 2.24) is 19.1 Å². The van der Waals surface area contributed by atoms with E-state index in [1.54, 1.807) is 0 Å². The van der Waals surface area contributed by atoms with Gasteiger partial charge in [-0.2, -0.15) is 4.98 Å². The molecule has 1 aliphatic rings. The summed E-state index contributed by atoms with van der Waals surface area (Å²) in [5.74, 6) is 1.43. The summed E-state index contributed by atoms with van der Waals surface area (Å²) in [6.07, 6.45) is 0. The molecule has 0 saturated heterocycles. The number of hydrogen-bond acceptors (Lipinski definition) is 3. The van der Waals surface area contributed by atoms with Gasteiger partial charge < -0.3 is 4.57 Å². The molecule has 0 radical (unpaired) electrons. The average Bonchev–Trinajstić information content (AvgIpc) is 3.96. The predicted octanol–water partition coefficient (Wildman–Crippen LogP) is 15.3. The molecule has 302 valence electrons. The number of anilines is 3. The molecule has 0 fully saturated rings. The molecule has 0 spiro atoms. The van der Waals surface area contributed by atoms with Crippen molar-refractivity contribution in [3.05, 3.63) is 223 Å². The van der Waals surface area contributed by atoms with Crippen molar-refractivity contribution in [1.29, 1.82) is 0 Å². The first kappa shape index (κ1) is 36.4. The van der Waals surface area contributed by atoms with Crippen molar-refractivity contribution in [2.24, 2.45) is 0 Å². The molecule has 64 heavy (non-hydrogen) atoms. The fourth-order valence-electron chi connectivity index (χ4n) is 10.6. The molecule has 13 rings (SSSR count). The van der Waals surface area contributed by atoms with Crippen molar-refractivity contribution in [3.63, 3.8) is 0 Å². The number of rotatable bonds is 6. The Hall–Kier alpha value is -8.28. The standard InChI is InChI=1S/C59H41N5/c1-59(2)47-26-13-9-23-44(47)54-48(59)27-17-31-52(54)63(41-34-32-39(33-35-41)38-18-5-3-6-19-38)57-45-24-10-14-28-49(45)60-58(61-57)64-50-29-15-11-22-42(50)43-36-37-53-55(56(43)64)46-25-12-16-30-51(46)62(53)40-20-7-4-8-21-40/h3-37H,1-2H3. The summed E-state index contributed by atoms with van der Waals surface area (Å²) >= 11 is 0. The van der Waals surface area contributed by atoms with Crippen LogP contribution in [0.4, 0.5) is 17.2 Å². The van der Waals surface area contributed by atoms with Crippen LogP contribution in [-0.4, -0.2) is 19.1 Å². The predicted molar refractivity (Wildman–Crippen MR) is 266 cm³/mol. The highest BCUT2D eigenvalue weighted by atomic mass is 15.3. The van der Waals surface area contributed by atoms with Gasteiger partial charge in [0.05, 0.1) is 33.3 Å². The van der Waals surface area contributed by atoms with Crippen LogP contribution in [0.1, 0.15) is 25.0 Å². The van der Waals surface area contributed by atoms with Gasteiger partial charge in [0.25, 0.3) is 0 Å². The highest BCUT2D eigenvalue weighted by molar-refractivity contribution is 6.26. The molecule has 0 saturated carbocycles. The normalized spacial score (nSPS) is 13.0. The Kier molecular flexibility index (Phi) is 7.88. The Bertz CT molecular complexity index is 3800. The third-order valence-corrected chi connectivity index (χ3v) is 13.5. The quantitative estimate of drug-likeness (QED) is 0.168. The maximum atomic E-state index is 5.82. The van der Waals surface area contributed by atoms with E-state index in [9.17, 15) is 0 Å². The first-order chi connectivity index (χ1) is 31.5. The minimum Gasteiger partial charge on any atom is -0.309 e. The molecule has 0 aliphatic heterocycles. The second kappa shape index (κ2) is 13.9. The van der Waals surface area contributed by atoms with Gasteiger partial charge in [-0.1, -0.05) is 166 Å². The van der Waals surface area contributed by atoms with Crippen LogP contribution in [0, 0.1) is 0 Å². The summed E-state index contributed by atoms with van der Waals surface area (Å²) in [6, 6.07) is 76.3. The monoisotopic (exact) mass is 819 g/mol. The van der Waals surface area contributed by atoms with Gasteiger partial charge in [0.2, 0.25) is 5.95 Å². The zero-order valence-corrected chi connectivity index (χ0v) is 35.4. The maximum absolute atomic E-state index is 5.82. The molecule has 3 aromatic heterocycles. The lowest BCUT2D eigenvalue weighted by Gasteiger charge is -2.29. The maximum Gasteiger partial charge on any atom is 0.237 e. The zero-order valence-electron chi connectivity index (χ0n) is 35.4. The fourth-order valence-corrected chi connectivity index (χ4v) is 10.6. The lowest BCUT2D eigenvalue weighted by atomic mass is 9.82. The van der Waals surface area contributed by atoms with Crippen LogP contribution in [0.5, 0.6) is 0 Å². The van der Waals surface area contributed by atoms with E-state index in [2.05, 4.69) is 240 Å². The summed E-state index contributed by atoms with van der Waals surface area (Å²) < 4.78 is 4.70. The molecule has 3 heterocycles. The highest BCUT2D eigenvalue weighted by Gasteiger charge is 2.38. The van der Waals surface area contributed by atoms with E-state index < -0.39 is 0 Å². The lowest BCUT2D eigenvalue weighted by Crippen LogP contribution is -2.17. The second-order valence-corrected chi connectivity index (χ2v) is 17.4. The van der Waals surface area contributed by atoms with Crippen LogP contribution < -0.4 is 4.90 Å². The molecule has 0 amide bonds. The third-order valence-electron chi connectivity index (χ3n) is 13.5. The van der Waals surface area contributed by atoms with Crippen molar-refractivity contribution in [3.8, 4) is 33.9 Å². The van der Waals surface area contributed by atoms with Gasteiger partial charge in [-0.3, -0.25) is 9.47 Å². The van der Waals surface area contributed by atoms with E-state index in [1.165, 1.54) is 38.6 Å². The molecular weight excluding hydrogens is 779 g/mol. The molecule has 9 aromatic carbocycles. The van der Waals surface area contributed by atoms with E-state index in [4.69, 9.17) is 9.97 Å². The van der Waals surface area contributed by atoms with Crippen molar-refractivity contribution >= 4 is 71.7 Å². The van der Waals surface area contributed by atoms with E-state index >= 15 is 0 Å². The SMILES string of the molecule is CC1(C)c2ccccc2-c2c(N(c3ccc(-c4ccccc4)cc3)c3nc(-n4c5ccccc5c5ccc6c(c7ccccc7n6-c6ccccc6)c54)nc4ccccc34)cccc21. The van der Waals surface area contributed by atoms with E-state index in [-0.39, 0.29) is 5.41 Å². The molecule has 12 aromatic rings. The molecular formula is C59H41N5. The Labute approximate surface area is 370 Å². The number of benzene rings is 9. The summed E-state index contributed by atoms with van der Waals surface area (Å²) in [5, 5.41) is 5.62. The molecule has 0 N–H and O–H groups in total. The number of aromatic nitrogens is 4. The Balaban J connectivity index is 1.14. The third kappa shape index (κ3) is 5.25. The molecule has 0 atom stereocenters. The molecule has 5 nitrogen and oxygen atoms in total.